The average molecular weight is 475 g/mol. The van der Waals surface area contributed by atoms with Crippen LogP contribution in [0, 0.1) is 6.92 Å². The van der Waals surface area contributed by atoms with Crippen LogP contribution in [-0.4, -0.2) is 36.2 Å². The third-order valence-electron chi connectivity index (χ3n) is 5.27. The van der Waals surface area contributed by atoms with Crippen molar-refractivity contribution < 1.29 is 4.79 Å². The Morgan fingerprint density at radius 1 is 1.06 bits per heavy atom. The minimum atomic E-state index is -0.0335. The third kappa shape index (κ3) is 4.42. The molecule has 1 N–H and O–H groups in total. The Labute approximate surface area is 199 Å². The number of thioether (sulfide) groups is 1. The van der Waals surface area contributed by atoms with Gasteiger partial charge in [0.05, 0.1) is 22.0 Å². The first-order chi connectivity index (χ1) is 16.1. The van der Waals surface area contributed by atoms with E-state index in [0.717, 1.165) is 37.9 Å². The monoisotopic (exact) mass is 474 g/mol. The van der Waals surface area contributed by atoms with Gasteiger partial charge >= 0.3 is 0 Å². The number of hydrogen-bond donors (Lipinski definition) is 1. The summed E-state index contributed by atoms with van der Waals surface area (Å²) in [6.07, 6.45) is 0. The largest absolute Gasteiger partial charge is 0.351 e. The molecule has 1 amide bonds. The zero-order valence-corrected chi connectivity index (χ0v) is 19.9. The smallest absolute Gasteiger partial charge is 0.230 e. The van der Waals surface area contributed by atoms with Gasteiger partial charge in [-0.2, -0.15) is 5.10 Å². The first kappa shape index (κ1) is 21.4. The van der Waals surface area contributed by atoms with Crippen LogP contribution in [0.3, 0.4) is 0 Å². The Hall–Kier alpha value is -3.43. The van der Waals surface area contributed by atoms with Gasteiger partial charge in [0.15, 0.2) is 11.0 Å². The zero-order chi connectivity index (χ0) is 22.8. The van der Waals surface area contributed by atoms with Gasteiger partial charge in [-0.1, -0.05) is 60.3 Å². The predicted octanol–water partition coefficient (Wildman–Crippen LogP) is 4.60. The van der Waals surface area contributed by atoms with Crippen molar-refractivity contribution >= 4 is 39.2 Å². The van der Waals surface area contributed by atoms with Crippen LogP contribution in [0.2, 0.25) is 0 Å². The highest BCUT2D eigenvalue weighted by Gasteiger charge is 2.19. The lowest BCUT2D eigenvalue weighted by Crippen LogP contribution is -2.24. The van der Waals surface area contributed by atoms with Crippen LogP contribution in [0.1, 0.15) is 11.3 Å². The maximum atomic E-state index is 12.3. The highest BCUT2D eigenvalue weighted by molar-refractivity contribution is 7.99. The lowest BCUT2D eigenvalue weighted by atomic mass is 10.2. The summed E-state index contributed by atoms with van der Waals surface area (Å²) in [7, 11) is 1.93. The quantitative estimate of drug-likeness (QED) is 0.349. The number of benzene rings is 2. The molecule has 33 heavy (non-hydrogen) atoms. The summed E-state index contributed by atoms with van der Waals surface area (Å²) >= 11 is 3.02. The van der Waals surface area contributed by atoms with Gasteiger partial charge in [0.25, 0.3) is 0 Å². The topological polar surface area (TPSA) is 77.6 Å². The number of rotatable bonds is 7. The van der Waals surface area contributed by atoms with Crippen molar-refractivity contribution in [1.82, 2.24) is 29.9 Å². The van der Waals surface area contributed by atoms with E-state index in [1.807, 2.05) is 83.9 Å². The molecule has 0 saturated heterocycles. The fraction of sp³-hybridized carbons (Fsp3) is 0.167. The number of thiophene rings is 1. The summed E-state index contributed by atoms with van der Waals surface area (Å²) in [5.41, 5.74) is 3.08. The molecule has 7 nitrogen and oxygen atoms in total. The molecular weight excluding hydrogens is 452 g/mol. The Morgan fingerprint density at radius 3 is 2.55 bits per heavy atom. The van der Waals surface area contributed by atoms with E-state index in [2.05, 4.69) is 21.6 Å². The van der Waals surface area contributed by atoms with Crippen LogP contribution in [0.5, 0.6) is 0 Å². The Balaban J connectivity index is 1.31. The van der Waals surface area contributed by atoms with Crippen LogP contribution < -0.4 is 5.32 Å². The molecule has 2 aromatic carbocycles. The van der Waals surface area contributed by atoms with E-state index in [1.165, 1.54) is 11.8 Å². The molecule has 0 aliphatic heterocycles. The summed E-state index contributed by atoms with van der Waals surface area (Å²) in [6.45, 7) is 2.54. The number of fused-ring (bicyclic) bond motifs is 1. The van der Waals surface area contributed by atoms with Crippen LogP contribution in [0.25, 0.3) is 26.6 Å². The van der Waals surface area contributed by atoms with E-state index in [0.29, 0.717) is 11.7 Å². The van der Waals surface area contributed by atoms with E-state index >= 15 is 0 Å². The van der Waals surface area contributed by atoms with Crippen molar-refractivity contribution in [3.05, 3.63) is 78.0 Å². The van der Waals surface area contributed by atoms with Gasteiger partial charge in [-0.25, -0.2) is 4.68 Å². The van der Waals surface area contributed by atoms with E-state index < -0.39 is 0 Å². The molecule has 0 unspecified atom stereocenters. The lowest BCUT2D eigenvalue weighted by molar-refractivity contribution is -0.118. The number of carbonyl (C=O) groups is 1. The molecule has 0 atom stereocenters. The Kier molecular flexibility index (Phi) is 5.97. The lowest BCUT2D eigenvalue weighted by Gasteiger charge is -2.05. The number of carbonyl (C=O) groups excluding carboxylic acids is 1. The molecule has 0 bridgehead atoms. The second-order valence-corrected chi connectivity index (χ2v) is 9.55. The number of nitrogens with zero attached hydrogens (tertiary/aromatic N) is 5. The van der Waals surface area contributed by atoms with Gasteiger partial charge in [-0.15, -0.1) is 21.5 Å². The summed E-state index contributed by atoms with van der Waals surface area (Å²) < 4.78 is 3.91. The zero-order valence-electron chi connectivity index (χ0n) is 18.2. The molecule has 166 valence electrons. The van der Waals surface area contributed by atoms with Crippen LogP contribution in [0.15, 0.2) is 71.9 Å². The van der Waals surface area contributed by atoms with E-state index in [9.17, 15) is 4.79 Å². The predicted molar refractivity (Wildman–Crippen MR) is 133 cm³/mol. The van der Waals surface area contributed by atoms with Gasteiger partial charge in [0, 0.05) is 19.0 Å². The van der Waals surface area contributed by atoms with Crippen LogP contribution in [-0.2, 0) is 18.4 Å². The number of nitrogens with one attached hydrogen (secondary N) is 1. The molecule has 3 aromatic heterocycles. The molecule has 0 aliphatic carbocycles. The summed E-state index contributed by atoms with van der Waals surface area (Å²) in [6, 6.07) is 22.1. The molecule has 5 aromatic rings. The van der Waals surface area contributed by atoms with Gasteiger partial charge in [-0.05, 0) is 30.7 Å². The molecule has 5 rings (SSSR count). The summed E-state index contributed by atoms with van der Waals surface area (Å²) in [4.78, 5) is 14.4. The standard InChI is InChI=1S/C24H22N6OS2/c1-16-19-13-20(33-23(19)30(28-16)18-11-7-4-8-12-18)22-26-27-24(29(22)2)32-15-21(31)25-14-17-9-5-3-6-10-17/h3-13H,14-15H2,1-2H3,(H,25,31). The van der Waals surface area contributed by atoms with Crippen molar-refractivity contribution in [2.45, 2.75) is 18.6 Å². The molecule has 9 heteroatoms. The van der Waals surface area contributed by atoms with Crippen molar-refractivity contribution in [1.29, 1.82) is 0 Å². The molecule has 0 saturated carbocycles. The fourth-order valence-corrected chi connectivity index (χ4v) is 5.48. The molecular formula is C24H22N6OS2. The number of aromatic nitrogens is 5. The van der Waals surface area contributed by atoms with Crippen molar-refractivity contribution in [2.24, 2.45) is 7.05 Å². The van der Waals surface area contributed by atoms with Crippen molar-refractivity contribution in [2.75, 3.05) is 5.75 Å². The van der Waals surface area contributed by atoms with Crippen molar-refractivity contribution in [3.63, 3.8) is 0 Å². The maximum absolute atomic E-state index is 12.3. The molecule has 0 fully saturated rings. The average Bonchev–Trinajstić information content (AvgIpc) is 3.52. The van der Waals surface area contributed by atoms with Gasteiger partial charge in [0.1, 0.15) is 4.83 Å². The fourth-order valence-electron chi connectivity index (χ4n) is 3.53. The minimum absolute atomic E-state index is 0.0335. The normalized spacial score (nSPS) is 11.2. The Bertz CT molecular complexity index is 1410. The number of amides is 1. The van der Waals surface area contributed by atoms with Gasteiger partial charge in [-0.3, -0.25) is 4.79 Å². The number of aryl methyl sites for hydroxylation is 1. The van der Waals surface area contributed by atoms with Gasteiger partial charge < -0.3 is 9.88 Å². The maximum Gasteiger partial charge on any atom is 0.230 e. The third-order valence-corrected chi connectivity index (χ3v) is 7.39. The first-order valence-electron chi connectivity index (χ1n) is 10.5. The highest BCUT2D eigenvalue weighted by Crippen LogP contribution is 2.36. The molecule has 0 aliphatic rings. The summed E-state index contributed by atoms with van der Waals surface area (Å²) in [5.74, 6) is 1.03. The van der Waals surface area contributed by atoms with E-state index in [1.54, 1.807) is 11.3 Å². The highest BCUT2D eigenvalue weighted by atomic mass is 32.2. The SMILES string of the molecule is Cc1nn(-c2ccccc2)c2sc(-c3nnc(SCC(=O)NCc4ccccc4)n3C)cc12. The number of para-hydroxylation sites is 1. The Morgan fingerprint density at radius 2 is 1.79 bits per heavy atom. The second kappa shape index (κ2) is 9.21. The summed E-state index contributed by atoms with van der Waals surface area (Å²) in [5, 5.41) is 18.2. The van der Waals surface area contributed by atoms with Gasteiger partial charge in [0.2, 0.25) is 5.91 Å². The van der Waals surface area contributed by atoms with Crippen LogP contribution in [0.4, 0.5) is 0 Å². The molecule has 0 radical (unpaired) electrons. The van der Waals surface area contributed by atoms with E-state index in [4.69, 9.17) is 5.10 Å². The molecule has 3 heterocycles. The molecule has 0 spiro atoms. The van der Waals surface area contributed by atoms with Crippen molar-refractivity contribution in [3.8, 4) is 16.4 Å². The first-order valence-corrected chi connectivity index (χ1v) is 12.3. The van der Waals surface area contributed by atoms with Crippen LogP contribution >= 0.6 is 23.1 Å². The van der Waals surface area contributed by atoms with E-state index in [-0.39, 0.29) is 11.7 Å². The minimum Gasteiger partial charge on any atom is -0.351 e. The number of hydrogen-bond acceptors (Lipinski definition) is 6. The second-order valence-electron chi connectivity index (χ2n) is 7.58.